The van der Waals surface area contributed by atoms with Crippen LogP contribution in [0.4, 0.5) is 0 Å². The first-order chi connectivity index (χ1) is 14.8. The second-order valence-corrected chi connectivity index (χ2v) is 9.43. The van der Waals surface area contributed by atoms with E-state index in [1.165, 1.54) is 32.1 Å². The first-order valence-corrected chi connectivity index (χ1v) is 12.4. The molecular formula is C25H49N2O4+. The SMILES string of the molecule is CCCCCC[C@@H](O)C/C=C/CCCCCCCC(=O)NCCC[N+](C)(C)CC(=O)O. The third-order valence-electron chi connectivity index (χ3n) is 5.57. The number of aliphatic carboxylic acids is 1. The van der Waals surface area contributed by atoms with Crippen LogP contribution in [0.15, 0.2) is 12.2 Å². The minimum Gasteiger partial charge on any atom is -0.477 e. The lowest BCUT2D eigenvalue weighted by atomic mass is 10.1. The van der Waals surface area contributed by atoms with Crippen LogP contribution in [0.5, 0.6) is 0 Å². The molecule has 0 heterocycles. The van der Waals surface area contributed by atoms with Crippen LogP contribution in [0.3, 0.4) is 0 Å². The summed E-state index contributed by atoms with van der Waals surface area (Å²) in [6.07, 6.45) is 18.6. The Hall–Kier alpha value is -1.40. The molecular weight excluding hydrogens is 392 g/mol. The number of unbranched alkanes of at least 4 members (excludes halogenated alkanes) is 8. The van der Waals surface area contributed by atoms with Crippen molar-refractivity contribution < 1.29 is 24.3 Å². The van der Waals surface area contributed by atoms with E-state index >= 15 is 0 Å². The van der Waals surface area contributed by atoms with Gasteiger partial charge < -0.3 is 20.0 Å². The maximum atomic E-state index is 11.9. The topological polar surface area (TPSA) is 86.6 Å². The number of carboxylic acids is 1. The highest BCUT2D eigenvalue weighted by Crippen LogP contribution is 2.10. The predicted molar refractivity (Wildman–Crippen MR) is 128 cm³/mol. The molecule has 0 aliphatic rings. The van der Waals surface area contributed by atoms with E-state index in [9.17, 15) is 14.7 Å². The number of hydrogen-bond donors (Lipinski definition) is 3. The minimum atomic E-state index is -0.794. The van der Waals surface area contributed by atoms with Crippen molar-refractivity contribution in [2.45, 2.75) is 103 Å². The van der Waals surface area contributed by atoms with Crippen LogP contribution in [0, 0.1) is 0 Å². The number of nitrogens with zero attached hydrogens (tertiary/aromatic N) is 1. The number of carboxylic acid groups (broad SMARTS) is 1. The van der Waals surface area contributed by atoms with Gasteiger partial charge >= 0.3 is 5.97 Å². The highest BCUT2D eigenvalue weighted by molar-refractivity contribution is 5.75. The number of quaternary nitrogens is 1. The van der Waals surface area contributed by atoms with Crippen LogP contribution < -0.4 is 5.32 Å². The monoisotopic (exact) mass is 441 g/mol. The average molecular weight is 442 g/mol. The Labute approximate surface area is 190 Å². The summed E-state index contributed by atoms with van der Waals surface area (Å²) in [6, 6.07) is 0. The van der Waals surface area contributed by atoms with Gasteiger partial charge in [0.05, 0.1) is 26.7 Å². The number of carbonyl (C=O) groups is 2. The number of allylic oxidation sites excluding steroid dienone is 1. The number of nitrogens with one attached hydrogen (secondary N) is 1. The van der Waals surface area contributed by atoms with Crippen LogP contribution in [0.2, 0.25) is 0 Å². The second-order valence-electron chi connectivity index (χ2n) is 9.43. The Kier molecular flexibility index (Phi) is 18.4. The Morgan fingerprint density at radius 2 is 1.61 bits per heavy atom. The zero-order valence-corrected chi connectivity index (χ0v) is 20.4. The minimum absolute atomic E-state index is 0.0970. The summed E-state index contributed by atoms with van der Waals surface area (Å²) < 4.78 is 0.431. The van der Waals surface area contributed by atoms with Crippen molar-refractivity contribution in [3.05, 3.63) is 12.2 Å². The Morgan fingerprint density at radius 1 is 0.935 bits per heavy atom. The van der Waals surface area contributed by atoms with Gasteiger partial charge in [-0.1, -0.05) is 64.0 Å². The molecule has 3 N–H and O–H groups in total. The van der Waals surface area contributed by atoms with Crippen LogP contribution in [-0.2, 0) is 9.59 Å². The smallest absolute Gasteiger partial charge is 0.359 e. The average Bonchev–Trinajstić information content (AvgIpc) is 2.69. The molecule has 31 heavy (non-hydrogen) atoms. The van der Waals surface area contributed by atoms with Crippen LogP contribution in [0.25, 0.3) is 0 Å². The molecule has 1 amide bonds. The van der Waals surface area contributed by atoms with E-state index in [0.29, 0.717) is 17.4 Å². The lowest BCUT2D eigenvalue weighted by Gasteiger charge is -2.27. The van der Waals surface area contributed by atoms with E-state index in [2.05, 4.69) is 24.4 Å². The van der Waals surface area contributed by atoms with Crippen LogP contribution >= 0.6 is 0 Å². The summed E-state index contributed by atoms with van der Waals surface area (Å²) in [5.41, 5.74) is 0. The molecule has 0 aromatic heterocycles. The molecule has 0 rings (SSSR count). The lowest BCUT2D eigenvalue weighted by molar-refractivity contribution is -0.883. The van der Waals surface area contributed by atoms with E-state index in [1.807, 2.05) is 14.1 Å². The van der Waals surface area contributed by atoms with E-state index in [1.54, 1.807) is 0 Å². The van der Waals surface area contributed by atoms with Crippen molar-refractivity contribution in [3.8, 4) is 0 Å². The standard InChI is InChI=1S/C25H48N2O4/c1-4-5-6-13-17-23(28)18-14-11-9-7-8-10-12-15-19-24(29)26-20-16-21-27(2,3)22-25(30)31/h11,14,23,28H,4-10,12-13,15-22H2,1-3H3,(H-,26,29,30,31)/p+1/b14-11+/t23-/m1/s1. The Morgan fingerprint density at radius 3 is 2.32 bits per heavy atom. The fourth-order valence-electron chi connectivity index (χ4n) is 3.64. The first-order valence-electron chi connectivity index (χ1n) is 12.4. The Bertz CT molecular complexity index is 492. The molecule has 6 nitrogen and oxygen atoms in total. The maximum absolute atomic E-state index is 11.9. The van der Waals surface area contributed by atoms with Crippen molar-refractivity contribution in [1.82, 2.24) is 5.32 Å². The molecule has 182 valence electrons. The number of likely N-dealkylation sites (N-methyl/N-ethyl adjacent to an activating group) is 1. The second kappa shape index (κ2) is 19.3. The van der Waals surface area contributed by atoms with Gasteiger partial charge in [-0.3, -0.25) is 4.79 Å². The molecule has 0 saturated heterocycles. The van der Waals surface area contributed by atoms with Gasteiger partial charge in [-0.2, -0.15) is 0 Å². The Balaban J connectivity index is 3.48. The van der Waals surface area contributed by atoms with E-state index < -0.39 is 5.97 Å². The molecule has 0 aliphatic carbocycles. The predicted octanol–water partition coefficient (Wildman–Crippen LogP) is 4.66. The number of aliphatic hydroxyl groups excluding tert-OH is 1. The summed E-state index contributed by atoms with van der Waals surface area (Å²) in [7, 11) is 3.79. The van der Waals surface area contributed by atoms with Gasteiger partial charge in [-0.15, -0.1) is 0 Å². The van der Waals surface area contributed by atoms with Gasteiger partial charge in [-0.05, 0) is 32.1 Å². The quantitative estimate of drug-likeness (QED) is 0.137. The normalized spacial score (nSPS) is 12.9. The summed E-state index contributed by atoms with van der Waals surface area (Å²) in [4.78, 5) is 22.7. The summed E-state index contributed by atoms with van der Waals surface area (Å²) in [6.45, 7) is 3.65. The van der Waals surface area contributed by atoms with Gasteiger partial charge in [-0.25, -0.2) is 4.79 Å². The van der Waals surface area contributed by atoms with Crippen molar-refractivity contribution in [2.24, 2.45) is 0 Å². The van der Waals surface area contributed by atoms with Gasteiger partial charge in [0.25, 0.3) is 0 Å². The number of rotatable bonds is 21. The third kappa shape index (κ3) is 21.6. The molecule has 0 radical (unpaired) electrons. The van der Waals surface area contributed by atoms with E-state index in [-0.39, 0.29) is 18.6 Å². The van der Waals surface area contributed by atoms with Gasteiger partial charge in [0.2, 0.25) is 5.91 Å². The van der Waals surface area contributed by atoms with Crippen molar-refractivity contribution >= 4 is 11.9 Å². The van der Waals surface area contributed by atoms with Crippen molar-refractivity contribution in [3.63, 3.8) is 0 Å². The number of carbonyl (C=O) groups excluding carboxylic acids is 1. The molecule has 0 unspecified atom stereocenters. The number of aliphatic hydroxyl groups is 1. The molecule has 0 aliphatic heterocycles. The van der Waals surface area contributed by atoms with Gasteiger partial charge in [0, 0.05) is 19.4 Å². The lowest BCUT2D eigenvalue weighted by Crippen LogP contribution is -2.45. The largest absolute Gasteiger partial charge is 0.477 e. The molecule has 0 saturated carbocycles. The molecule has 0 fully saturated rings. The third-order valence-corrected chi connectivity index (χ3v) is 5.57. The summed E-state index contributed by atoms with van der Waals surface area (Å²) in [5.74, 6) is -0.697. The fourth-order valence-corrected chi connectivity index (χ4v) is 3.64. The van der Waals surface area contributed by atoms with Crippen LogP contribution in [-0.4, -0.2) is 66.4 Å². The zero-order valence-electron chi connectivity index (χ0n) is 20.4. The van der Waals surface area contributed by atoms with Gasteiger partial charge in [0.1, 0.15) is 0 Å². The van der Waals surface area contributed by atoms with E-state index in [4.69, 9.17) is 5.11 Å². The maximum Gasteiger partial charge on any atom is 0.359 e. The van der Waals surface area contributed by atoms with E-state index in [0.717, 1.165) is 57.9 Å². The van der Waals surface area contributed by atoms with Crippen LogP contribution in [0.1, 0.15) is 96.8 Å². The highest BCUT2D eigenvalue weighted by atomic mass is 16.4. The molecule has 0 spiro atoms. The molecule has 0 bridgehead atoms. The fraction of sp³-hybridized carbons (Fsp3) is 0.840. The number of hydrogen-bond acceptors (Lipinski definition) is 3. The summed E-state index contributed by atoms with van der Waals surface area (Å²) >= 11 is 0. The molecule has 1 atom stereocenters. The van der Waals surface area contributed by atoms with Crippen molar-refractivity contribution in [1.29, 1.82) is 0 Å². The first kappa shape index (κ1) is 29.6. The van der Waals surface area contributed by atoms with Gasteiger partial charge in [0.15, 0.2) is 6.54 Å². The summed E-state index contributed by atoms with van der Waals surface area (Å²) in [5, 5.41) is 21.7. The molecule has 0 aromatic carbocycles. The molecule has 6 heteroatoms. The highest BCUT2D eigenvalue weighted by Gasteiger charge is 2.18. The number of amides is 1. The zero-order chi connectivity index (χ0) is 23.4. The molecule has 0 aromatic rings. The van der Waals surface area contributed by atoms with Crippen molar-refractivity contribution in [2.75, 3.05) is 33.7 Å².